The molecule has 5 heteroatoms. The minimum absolute atomic E-state index is 0.0263. The molecular formula is C26H40O5. The average molecular weight is 433 g/mol. The highest BCUT2D eigenvalue weighted by Crippen LogP contribution is 2.69. The molecule has 0 aromatic carbocycles. The highest BCUT2D eigenvalue weighted by Gasteiger charge is 2.64. The molecule has 5 nitrogen and oxygen atoms in total. The highest BCUT2D eigenvalue weighted by atomic mass is 16.5. The van der Waals surface area contributed by atoms with Crippen molar-refractivity contribution in [3.8, 4) is 0 Å². The molecule has 0 aromatic heterocycles. The number of rotatable bonds is 4. The van der Waals surface area contributed by atoms with Crippen LogP contribution in [0, 0.1) is 52.3 Å². The Bertz CT molecular complexity index is 733. The number of esters is 2. The van der Waals surface area contributed by atoms with Crippen LogP contribution in [0.15, 0.2) is 0 Å². The van der Waals surface area contributed by atoms with Crippen LogP contribution in [0.4, 0.5) is 0 Å². The van der Waals surface area contributed by atoms with Gasteiger partial charge in [-0.15, -0.1) is 0 Å². The molecule has 4 unspecified atom stereocenters. The van der Waals surface area contributed by atoms with Gasteiger partial charge in [0.1, 0.15) is 12.4 Å². The lowest BCUT2D eigenvalue weighted by molar-refractivity contribution is -0.172. The summed E-state index contributed by atoms with van der Waals surface area (Å²) in [5.74, 6) is 1.99. The molecule has 4 saturated carbocycles. The van der Waals surface area contributed by atoms with Crippen LogP contribution in [-0.4, -0.2) is 31.4 Å². The van der Waals surface area contributed by atoms with Gasteiger partial charge < -0.3 is 14.3 Å². The Morgan fingerprint density at radius 3 is 2.45 bits per heavy atom. The second kappa shape index (κ2) is 8.19. The lowest BCUT2D eigenvalue weighted by atomic mass is 9.42. The fourth-order valence-electron chi connectivity index (χ4n) is 9.17. The third kappa shape index (κ3) is 3.54. The number of ether oxygens (including phenoxy) is 2. The summed E-state index contributed by atoms with van der Waals surface area (Å²) in [4.78, 5) is 36.3. The van der Waals surface area contributed by atoms with E-state index in [1.807, 2.05) is 6.92 Å². The Hall–Kier alpha value is -1.39. The van der Waals surface area contributed by atoms with Crippen LogP contribution in [0.5, 0.6) is 0 Å². The second-order valence-corrected chi connectivity index (χ2v) is 11.6. The Kier molecular flexibility index (Phi) is 6.02. The summed E-state index contributed by atoms with van der Waals surface area (Å²) in [6.45, 7) is 8.29. The summed E-state index contributed by atoms with van der Waals surface area (Å²) in [6, 6.07) is 0. The van der Waals surface area contributed by atoms with Crippen LogP contribution in [0.2, 0.25) is 0 Å². The van der Waals surface area contributed by atoms with Crippen LogP contribution in [-0.2, 0) is 23.9 Å². The van der Waals surface area contributed by atoms with Gasteiger partial charge in [0, 0.05) is 12.8 Å². The Labute approximate surface area is 187 Å². The molecule has 0 saturated heterocycles. The number of hydrogen-bond acceptors (Lipinski definition) is 5. The summed E-state index contributed by atoms with van der Waals surface area (Å²) in [5.41, 5.74) is 0.164. The van der Waals surface area contributed by atoms with Gasteiger partial charge in [-0.25, -0.2) is 0 Å². The predicted octanol–water partition coefficient (Wildman–Crippen LogP) is 4.81. The number of hydrogen-bond donors (Lipinski definition) is 0. The zero-order valence-corrected chi connectivity index (χ0v) is 19.9. The lowest BCUT2D eigenvalue weighted by Crippen LogP contribution is -2.58. The quantitative estimate of drug-likeness (QED) is 0.471. The Morgan fingerprint density at radius 2 is 1.81 bits per heavy atom. The van der Waals surface area contributed by atoms with E-state index < -0.39 is 0 Å². The third-order valence-corrected chi connectivity index (χ3v) is 10.4. The smallest absolute Gasteiger partial charge is 0.308 e. The summed E-state index contributed by atoms with van der Waals surface area (Å²) < 4.78 is 10.7. The SMILES string of the molecule is COC(=O)[C@@H](C)[C@H]1CCC2C3CC[C@@H]4C[C@H](OC(C)=O)CC[C@]4(C)C3C(C=O)C[C@@]21C. The van der Waals surface area contributed by atoms with Crippen LogP contribution < -0.4 is 0 Å². The molecule has 0 N–H and O–H groups in total. The molecule has 4 aliphatic carbocycles. The summed E-state index contributed by atoms with van der Waals surface area (Å²) in [5, 5.41) is 0. The van der Waals surface area contributed by atoms with Gasteiger partial charge in [0.2, 0.25) is 0 Å². The largest absolute Gasteiger partial charge is 0.469 e. The van der Waals surface area contributed by atoms with Crippen LogP contribution in [0.3, 0.4) is 0 Å². The van der Waals surface area contributed by atoms with Crippen molar-refractivity contribution in [3.05, 3.63) is 0 Å². The van der Waals surface area contributed by atoms with E-state index in [9.17, 15) is 14.4 Å². The van der Waals surface area contributed by atoms with Crippen molar-refractivity contribution in [3.63, 3.8) is 0 Å². The summed E-state index contributed by atoms with van der Waals surface area (Å²) in [7, 11) is 1.48. The molecular weight excluding hydrogens is 392 g/mol. The maximum Gasteiger partial charge on any atom is 0.308 e. The maximum atomic E-state index is 12.5. The van der Waals surface area contributed by atoms with E-state index in [1.54, 1.807) is 0 Å². The zero-order valence-electron chi connectivity index (χ0n) is 19.9. The topological polar surface area (TPSA) is 69.7 Å². The van der Waals surface area contributed by atoms with Gasteiger partial charge in [-0.05, 0) is 91.8 Å². The Morgan fingerprint density at radius 1 is 1.06 bits per heavy atom. The summed E-state index contributed by atoms with van der Waals surface area (Å²) in [6.07, 6.45) is 9.58. The number of carbonyl (C=O) groups is 3. The zero-order chi connectivity index (χ0) is 22.6. The normalized spacial score (nSPS) is 47.3. The molecule has 4 rings (SSSR count). The van der Waals surface area contributed by atoms with E-state index in [0.717, 1.165) is 51.4 Å². The van der Waals surface area contributed by atoms with E-state index in [0.29, 0.717) is 29.6 Å². The molecule has 0 heterocycles. The first kappa shape index (κ1) is 22.8. The van der Waals surface area contributed by atoms with Crippen LogP contribution in [0.25, 0.3) is 0 Å². The first-order valence-electron chi connectivity index (χ1n) is 12.4. The van der Waals surface area contributed by atoms with Gasteiger partial charge in [0.15, 0.2) is 0 Å². The molecule has 0 bridgehead atoms. The minimum atomic E-state index is -0.182. The highest BCUT2D eigenvalue weighted by molar-refractivity contribution is 5.72. The molecule has 0 spiro atoms. The molecule has 0 radical (unpaired) electrons. The van der Waals surface area contributed by atoms with E-state index >= 15 is 0 Å². The standard InChI is InChI=1S/C26H40O5/c1-15(24(29)30-5)21-8-9-22-20-7-6-18-12-19(31-16(2)28)10-11-25(18,3)23(20)17(14-27)13-26(21,22)4/h14-15,17-23H,6-13H2,1-5H3/t15-,17?,18+,19+,20?,21+,22?,23?,25-,26+/m0/s1. The van der Waals surface area contributed by atoms with Crippen molar-refractivity contribution in [2.75, 3.05) is 7.11 Å². The van der Waals surface area contributed by atoms with Crippen molar-refractivity contribution in [2.24, 2.45) is 52.3 Å². The number of aldehydes is 1. The molecule has 4 aliphatic rings. The van der Waals surface area contributed by atoms with Crippen LogP contribution >= 0.6 is 0 Å². The van der Waals surface area contributed by atoms with E-state index in [1.165, 1.54) is 20.3 Å². The number of carbonyl (C=O) groups excluding carboxylic acids is 3. The van der Waals surface area contributed by atoms with Crippen molar-refractivity contribution < 1.29 is 23.9 Å². The monoisotopic (exact) mass is 432 g/mol. The molecule has 174 valence electrons. The fraction of sp³-hybridized carbons (Fsp3) is 0.885. The van der Waals surface area contributed by atoms with Crippen molar-refractivity contribution in [1.82, 2.24) is 0 Å². The van der Waals surface area contributed by atoms with Crippen molar-refractivity contribution >= 4 is 18.2 Å². The van der Waals surface area contributed by atoms with Crippen molar-refractivity contribution in [1.29, 1.82) is 0 Å². The van der Waals surface area contributed by atoms with Gasteiger partial charge >= 0.3 is 11.9 Å². The summed E-state index contributed by atoms with van der Waals surface area (Å²) >= 11 is 0. The van der Waals surface area contributed by atoms with Gasteiger partial charge in [-0.2, -0.15) is 0 Å². The second-order valence-electron chi connectivity index (χ2n) is 11.6. The first-order chi connectivity index (χ1) is 14.7. The number of methoxy groups -OCH3 is 1. The van der Waals surface area contributed by atoms with Gasteiger partial charge in [0.05, 0.1) is 13.0 Å². The molecule has 0 amide bonds. The molecule has 31 heavy (non-hydrogen) atoms. The number of fused-ring (bicyclic) bond motifs is 5. The Balaban J connectivity index is 1.61. The van der Waals surface area contributed by atoms with Gasteiger partial charge in [-0.3, -0.25) is 9.59 Å². The average Bonchev–Trinajstić information content (AvgIpc) is 3.08. The van der Waals surface area contributed by atoms with Crippen molar-refractivity contribution in [2.45, 2.75) is 85.2 Å². The molecule has 4 fully saturated rings. The fourth-order valence-corrected chi connectivity index (χ4v) is 9.17. The van der Waals surface area contributed by atoms with Gasteiger partial charge in [0.25, 0.3) is 0 Å². The lowest BCUT2D eigenvalue weighted by Gasteiger charge is -2.63. The predicted molar refractivity (Wildman–Crippen MR) is 117 cm³/mol. The first-order valence-corrected chi connectivity index (χ1v) is 12.4. The molecule has 0 aliphatic heterocycles. The van der Waals surface area contributed by atoms with Crippen LogP contribution in [0.1, 0.15) is 79.1 Å². The van der Waals surface area contributed by atoms with E-state index in [2.05, 4.69) is 13.8 Å². The van der Waals surface area contributed by atoms with E-state index in [4.69, 9.17) is 9.47 Å². The molecule has 0 aromatic rings. The third-order valence-electron chi connectivity index (χ3n) is 10.4. The van der Waals surface area contributed by atoms with E-state index in [-0.39, 0.29) is 40.7 Å². The molecule has 10 atom stereocenters. The van der Waals surface area contributed by atoms with Gasteiger partial charge in [-0.1, -0.05) is 20.8 Å². The maximum absolute atomic E-state index is 12.5. The minimum Gasteiger partial charge on any atom is -0.469 e.